The Balaban J connectivity index is 1.32. The number of carbonyl (C=O) groups excluding carboxylic acids is 1. The van der Waals surface area contributed by atoms with Gasteiger partial charge in [0.2, 0.25) is 11.7 Å². The van der Waals surface area contributed by atoms with Crippen LogP contribution in [0.25, 0.3) is 11.6 Å². The summed E-state index contributed by atoms with van der Waals surface area (Å²) in [4.78, 5) is 12.9. The van der Waals surface area contributed by atoms with Crippen molar-refractivity contribution >= 4 is 17.7 Å². The minimum atomic E-state index is -0.240. The van der Waals surface area contributed by atoms with Gasteiger partial charge >= 0.3 is 0 Å². The molecule has 0 spiro atoms. The lowest BCUT2D eigenvalue weighted by molar-refractivity contribution is -0.121. The molecule has 1 N–H and O–H groups in total. The summed E-state index contributed by atoms with van der Waals surface area (Å²) < 4.78 is 7.56. The van der Waals surface area contributed by atoms with E-state index in [1.807, 2.05) is 53.1 Å². The highest BCUT2D eigenvalue weighted by atomic mass is 32.2. The number of nitrogens with zero attached hydrogens (tertiary/aromatic N) is 3. The van der Waals surface area contributed by atoms with E-state index in [9.17, 15) is 4.79 Å². The largest absolute Gasteiger partial charge is 0.461 e. The lowest BCUT2D eigenvalue weighted by Gasteiger charge is -2.43. The first kappa shape index (κ1) is 20.6. The third kappa shape index (κ3) is 4.21. The number of furan rings is 1. The average molecular weight is 445 g/mol. The monoisotopic (exact) mass is 444 g/mol. The number of thioether (sulfide) groups is 1. The van der Waals surface area contributed by atoms with Gasteiger partial charge in [-0.05, 0) is 42.5 Å². The van der Waals surface area contributed by atoms with Crippen molar-refractivity contribution in [3.63, 3.8) is 0 Å². The molecule has 6 nitrogen and oxygen atoms in total. The molecule has 1 aliphatic carbocycles. The lowest BCUT2D eigenvalue weighted by Crippen LogP contribution is -2.51. The van der Waals surface area contributed by atoms with Gasteiger partial charge in [0.05, 0.1) is 24.1 Å². The second kappa shape index (κ2) is 9.04. The van der Waals surface area contributed by atoms with Gasteiger partial charge in [-0.25, -0.2) is 0 Å². The third-order valence-electron chi connectivity index (χ3n) is 5.89. The zero-order chi connectivity index (χ0) is 21.8. The molecule has 7 heteroatoms. The van der Waals surface area contributed by atoms with E-state index in [-0.39, 0.29) is 17.2 Å². The predicted molar refractivity (Wildman–Crippen MR) is 124 cm³/mol. The van der Waals surface area contributed by atoms with Crippen molar-refractivity contribution in [2.45, 2.75) is 36.5 Å². The molecule has 0 aliphatic heterocycles. The van der Waals surface area contributed by atoms with E-state index in [1.165, 1.54) is 17.3 Å². The highest BCUT2D eigenvalue weighted by molar-refractivity contribution is 7.99. The van der Waals surface area contributed by atoms with Gasteiger partial charge in [0.1, 0.15) is 0 Å². The van der Waals surface area contributed by atoms with Gasteiger partial charge in [0.25, 0.3) is 0 Å². The van der Waals surface area contributed by atoms with Gasteiger partial charge in [-0.2, -0.15) is 0 Å². The smallest absolute Gasteiger partial charge is 0.231 e. The van der Waals surface area contributed by atoms with Crippen LogP contribution in [0.1, 0.15) is 30.4 Å². The summed E-state index contributed by atoms with van der Waals surface area (Å²) in [6, 6.07) is 24.1. The Morgan fingerprint density at radius 3 is 2.41 bits per heavy atom. The molecule has 2 aromatic heterocycles. The molecule has 5 rings (SSSR count). The van der Waals surface area contributed by atoms with Gasteiger partial charge in [-0.3, -0.25) is 9.36 Å². The van der Waals surface area contributed by atoms with Gasteiger partial charge < -0.3 is 9.73 Å². The van der Waals surface area contributed by atoms with Crippen molar-refractivity contribution in [3.8, 4) is 11.6 Å². The van der Waals surface area contributed by atoms with Crippen LogP contribution in [0.5, 0.6) is 0 Å². The van der Waals surface area contributed by atoms with Crippen LogP contribution in [-0.4, -0.2) is 26.4 Å². The van der Waals surface area contributed by atoms with Gasteiger partial charge in [-0.15, -0.1) is 10.2 Å². The summed E-state index contributed by atoms with van der Waals surface area (Å²) in [5.74, 6) is 1.59. The number of hydrogen-bond acceptors (Lipinski definition) is 5. The Morgan fingerprint density at radius 1 is 1.00 bits per heavy atom. The van der Waals surface area contributed by atoms with Gasteiger partial charge in [-0.1, -0.05) is 72.4 Å². The van der Waals surface area contributed by atoms with Gasteiger partial charge in [0.15, 0.2) is 10.9 Å². The fourth-order valence-electron chi connectivity index (χ4n) is 4.10. The first-order valence-electron chi connectivity index (χ1n) is 10.7. The molecule has 1 aliphatic rings. The maximum atomic E-state index is 12.9. The Morgan fingerprint density at radius 2 is 1.75 bits per heavy atom. The normalized spacial score (nSPS) is 14.6. The van der Waals surface area contributed by atoms with Crippen molar-refractivity contribution < 1.29 is 9.21 Å². The van der Waals surface area contributed by atoms with Crippen LogP contribution < -0.4 is 5.32 Å². The SMILES string of the molecule is O=C(CSc1nnc(-c2ccco2)n1Cc1ccccc1)NC1(c2ccccc2)CCC1. The van der Waals surface area contributed by atoms with Gasteiger partial charge in [0, 0.05) is 0 Å². The quantitative estimate of drug-likeness (QED) is 0.392. The minimum Gasteiger partial charge on any atom is -0.461 e. The molecule has 0 radical (unpaired) electrons. The molecule has 0 saturated heterocycles. The van der Waals surface area contributed by atoms with E-state index in [0.717, 1.165) is 24.8 Å². The maximum absolute atomic E-state index is 12.9. The van der Waals surface area contributed by atoms with E-state index in [4.69, 9.17) is 4.42 Å². The molecule has 1 amide bonds. The number of nitrogens with one attached hydrogen (secondary N) is 1. The molecule has 1 saturated carbocycles. The van der Waals surface area contributed by atoms with Crippen LogP contribution >= 0.6 is 11.8 Å². The second-order valence-corrected chi connectivity index (χ2v) is 8.94. The van der Waals surface area contributed by atoms with Crippen molar-refractivity contribution in [2.75, 3.05) is 5.75 Å². The van der Waals surface area contributed by atoms with Crippen LogP contribution in [0.3, 0.4) is 0 Å². The number of amides is 1. The summed E-state index contributed by atoms with van der Waals surface area (Å²) in [7, 11) is 0. The van der Waals surface area contributed by atoms with Crippen LogP contribution in [0.2, 0.25) is 0 Å². The third-order valence-corrected chi connectivity index (χ3v) is 6.85. The zero-order valence-corrected chi connectivity index (χ0v) is 18.4. The molecule has 4 aromatic rings. The van der Waals surface area contributed by atoms with Crippen LogP contribution in [0.15, 0.2) is 88.6 Å². The average Bonchev–Trinajstić information content (AvgIpc) is 3.46. The molecule has 162 valence electrons. The molecule has 0 unspecified atom stereocenters. The van der Waals surface area contributed by atoms with Crippen LogP contribution in [0, 0.1) is 0 Å². The molecule has 0 atom stereocenters. The highest BCUT2D eigenvalue weighted by Crippen LogP contribution is 2.41. The summed E-state index contributed by atoms with van der Waals surface area (Å²) in [6.07, 6.45) is 4.69. The topological polar surface area (TPSA) is 73.0 Å². The Bertz CT molecular complexity index is 1170. The first-order valence-corrected chi connectivity index (χ1v) is 11.7. The van der Waals surface area contributed by atoms with E-state index in [1.54, 1.807) is 6.26 Å². The highest BCUT2D eigenvalue weighted by Gasteiger charge is 2.39. The second-order valence-electron chi connectivity index (χ2n) is 7.99. The maximum Gasteiger partial charge on any atom is 0.231 e. The van der Waals surface area contributed by atoms with Crippen molar-refractivity contribution in [1.82, 2.24) is 20.1 Å². The predicted octanol–water partition coefficient (Wildman–Crippen LogP) is 4.87. The summed E-state index contributed by atoms with van der Waals surface area (Å²) in [5.41, 5.74) is 2.07. The van der Waals surface area contributed by atoms with E-state index >= 15 is 0 Å². The zero-order valence-electron chi connectivity index (χ0n) is 17.6. The fraction of sp³-hybridized carbons (Fsp3) is 0.240. The molecular formula is C25H24N4O2S. The van der Waals surface area contributed by atoms with Crippen molar-refractivity contribution in [3.05, 3.63) is 90.2 Å². The van der Waals surface area contributed by atoms with E-state index in [0.29, 0.717) is 23.3 Å². The summed E-state index contributed by atoms with van der Waals surface area (Å²) in [5, 5.41) is 12.7. The number of benzene rings is 2. The minimum absolute atomic E-state index is 0.00682. The molecule has 2 aromatic carbocycles. The number of rotatable bonds is 8. The number of carbonyl (C=O) groups is 1. The molecule has 32 heavy (non-hydrogen) atoms. The fourth-order valence-corrected chi connectivity index (χ4v) is 4.84. The number of hydrogen-bond donors (Lipinski definition) is 1. The Kier molecular flexibility index (Phi) is 5.81. The first-order chi connectivity index (χ1) is 15.7. The van der Waals surface area contributed by atoms with Crippen LogP contribution in [0.4, 0.5) is 0 Å². The van der Waals surface area contributed by atoms with E-state index < -0.39 is 0 Å². The molecular weight excluding hydrogens is 420 g/mol. The summed E-state index contributed by atoms with van der Waals surface area (Å²) >= 11 is 1.40. The standard InChI is InChI=1S/C25H24N4O2S/c30-22(26-25(14-8-15-25)20-11-5-2-6-12-20)18-32-24-28-27-23(21-13-7-16-31-21)29(24)17-19-9-3-1-4-10-19/h1-7,9-13,16H,8,14-15,17-18H2,(H,26,30). The van der Waals surface area contributed by atoms with Crippen LogP contribution in [-0.2, 0) is 16.9 Å². The molecule has 1 fully saturated rings. The van der Waals surface area contributed by atoms with E-state index in [2.05, 4.69) is 39.8 Å². The Hall–Kier alpha value is -3.32. The van der Waals surface area contributed by atoms with Crippen molar-refractivity contribution in [1.29, 1.82) is 0 Å². The lowest BCUT2D eigenvalue weighted by atomic mass is 9.72. The summed E-state index contributed by atoms with van der Waals surface area (Å²) in [6.45, 7) is 0.599. The number of aromatic nitrogens is 3. The van der Waals surface area contributed by atoms with Crippen molar-refractivity contribution in [2.24, 2.45) is 0 Å². The molecule has 0 bridgehead atoms. The molecule has 2 heterocycles. The Labute approximate surface area is 191 Å².